The molecule has 0 heterocycles. The Labute approximate surface area is 233 Å². The van der Waals surface area contributed by atoms with Gasteiger partial charge in [-0.3, -0.25) is 4.79 Å². The number of aliphatic hydroxyl groups is 2. The second-order valence-corrected chi connectivity index (χ2v) is 14.1. The molecule has 5 unspecified atom stereocenters. The van der Waals surface area contributed by atoms with Crippen molar-refractivity contribution >= 4 is 16.0 Å². The van der Waals surface area contributed by atoms with E-state index in [9.17, 15) is 28.0 Å². The van der Waals surface area contributed by atoms with Crippen LogP contribution in [0.3, 0.4) is 0 Å². The second-order valence-electron chi connectivity index (χ2n) is 12.6. The van der Waals surface area contributed by atoms with Gasteiger partial charge in [-0.15, -0.1) is 0 Å². The van der Waals surface area contributed by atoms with Gasteiger partial charge in [0, 0.05) is 13.0 Å². The fourth-order valence-corrected chi connectivity index (χ4v) is 9.49. The largest absolute Gasteiger partial charge is 1.00 e. The van der Waals surface area contributed by atoms with Crippen LogP contribution in [0, 0.1) is 46.3 Å². The quantitative estimate of drug-likeness (QED) is 0.321. The molecule has 0 spiro atoms. The van der Waals surface area contributed by atoms with Gasteiger partial charge in [0.05, 0.1) is 28.1 Å². The molecule has 35 heavy (non-hydrogen) atoms. The summed E-state index contributed by atoms with van der Waals surface area (Å²) in [6.45, 7) is 6.96. The Kier molecular flexibility index (Phi) is 9.54. The normalized spacial score (nSPS) is 43.8. The summed E-state index contributed by atoms with van der Waals surface area (Å²) in [5, 5.41) is 24.2. The summed E-state index contributed by atoms with van der Waals surface area (Å²) in [5.41, 5.74) is 0.399. The van der Waals surface area contributed by atoms with E-state index in [2.05, 4.69) is 26.1 Å². The van der Waals surface area contributed by atoms with Crippen LogP contribution in [0.1, 0.15) is 85.0 Å². The van der Waals surface area contributed by atoms with Crippen LogP contribution in [0.2, 0.25) is 0 Å². The molecular formula is C26H44NNaO6S. The number of carbonyl (C=O) groups excluding carboxylic acids is 1. The summed E-state index contributed by atoms with van der Waals surface area (Å²) in [7, 11) is -4.31. The van der Waals surface area contributed by atoms with Gasteiger partial charge >= 0.3 is 29.6 Å². The number of aliphatic hydroxyl groups excluding tert-OH is 2. The van der Waals surface area contributed by atoms with E-state index in [1.54, 1.807) is 0 Å². The summed E-state index contributed by atoms with van der Waals surface area (Å²) < 4.78 is 32.2. The smallest absolute Gasteiger partial charge is 0.748 e. The Morgan fingerprint density at radius 3 is 2.40 bits per heavy atom. The van der Waals surface area contributed by atoms with E-state index in [0.717, 1.165) is 51.4 Å². The maximum atomic E-state index is 12.2. The summed E-state index contributed by atoms with van der Waals surface area (Å²) in [4.78, 5) is 12.2. The van der Waals surface area contributed by atoms with Crippen LogP contribution in [-0.2, 0) is 14.9 Å². The molecule has 3 N–H and O–H groups in total. The summed E-state index contributed by atoms with van der Waals surface area (Å²) in [6.07, 6.45) is 8.78. The van der Waals surface area contributed by atoms with E-state index in [0.29, 0.717) is 41.9 Å². The third-order valence-electron chi connectivity index (χ3n) is 10.9. The van der Waals surface area contributed by atoms with Crippen molar-refractivity contribution in [3.63, 3.8) is 0 Å². The first-order valence-electron chi connectivity index (χ1n) is 13.4. The topological polar surface area (TPSA) is 127 Å². The Morgan fingerprint density at radius 1 is 1.06 bits per heavy atom. The van der Waals surface area contributed by atoms with Crippen molar-refractivity contribution in [3.8, 4) is 0 Å². The van der Waals surface area contributed by atoms with Gasteiger partial charge < -0.3 is 20.1 Å². The third-order valence-corrected chi connectivity index (χ3v) is 11.6. The molecule has 1 amide bonds. The zero-order chi connectivity index (χ0) is 24.9. The van der Waals surface area contributed by atoms with Crippen molar-refractivity contribution in [2.45, 2.75) is 97.2 Å². The monoisotopic (exact) mass is 521 g/mol. The molecule has 196 valence electrons. The van der Waals surface area contributed by atoms with E-state index >= 15 is 0 Å². The van der Waals surface area contributed by atoms with Gasteiger partial charge in [-0.1, -0.05) is 20.8 Å². The van der Waals surface area contributed by atoms with Gasteiger partial charge in [0.15, 0.2) is 0 Å². The molecule has 4 fully saturated rings. The molecule has 0 radical (unpaired) electrons. The van der Waals surface area contributed by atoms with E-state index < -0.39 is 15.9 Å². The molecule has 0 aliphatic heterocycles. The van der Waals surface area contributed by atoms with Gasteiger partial charge in [0.25, 0.3) is 0 Å². The number of rotatable bonds is 7. The van der Waals surface area contributed by atoms with Crippen LogP contribution in [0.15, 0.2) is 0 Å². The molecule has 9 heteroatoms. The minimum absolute atomic E-state index is 0. The van der Waals surface area contributed by atoms with Crippen molar-refractivity contribution in [2.75, 3.05) is 12.3 Å². The maximum absolute atomic E-state index is 12.2. The fourth-order valence-electron chi connectivity index (χ4n) is 9.14. The second kappa shape index (κ2) is 11.2. The van der Waals surface area contributed by atoms with E-state index in [-0.39, 0.29) is 65.0 Å². The average molecular weight is 522 g/mol. The van der Waals surface area contributed by atoms with E-state index in [1.807, 2.05) is 0 Å². The van der Waals surface area contributed by atoms with Crippen molar-refractivity contribution in [1.29, 1.82) is 0 Å². The van der Waals surface area contributed by atoms with Crippen molar-refractivity contribution in [1.82, 2.24) is 5.32 Å². The minimum atomic E-state index is -4.31. The van der Waals surface area contributed by atoms with Gasteiger partial charge in [-0.05, 0) is 104 Å². The molecule has 4 aliphatic rings. The van der Waals surface area contributed by atoms with Gasteiger partial charge in [-0.25, -0.2) is 8.42 Å². The fraction of sp³-hybridized carbons (Fsp3) is 0.962. The first kappa shape index (κ1) is 29.9. The standard InChI is InChI=1S/C26H45NO6S.Na/c1-16(4-7-23(30)27-12-13-34(31,32)33)19-5-6-20-24-21(9-11-26(19,20)3)25(2)10-8-18(28)14-17(25)15-22(24)29;/h16-22,24,28-29H,4-15H2,1-3H3,(H,27,30)(H,31,32,33);/q;+1/p-1/t16-,17?,18-,19-,20?,21?,22?,24?,25+,26-;/m1./s1. The number of amides is 1. The van der Waals surface area contributed by atoms with Crippen LogP contribution in [0.5, 0.6) is 0 Å². The number of fused-ring (bicyclic) bond motifs is 5. The maximum Gasteiger partial charge on any atom is 1.00 e. The SMILES string of the molecule is C[C@H](CCC(=O)NCCS(=O)(=O)[O-])[C@H]1CCC2C3C(O)CC4C[C@H](O)CC[C@]4(C)C3CC[C@@]21C.[Na+]. The molecule has 0 bridgehead atoms. The molecule has 7 nitrogen and oxygen atoms in total. The minimum Gasteiger partial charge on any atom is -0.748 e. The number of carbonyl (C=O) groups is 1. The number of hydrogen-bond donors (Lipinski definition) is 3. The molecule has 0 aromatic heterocycles. The van der Waals surface area contributed by atoms with Crippen LogP contribution < -0.4 is 34.9 Å². The van der Waals surface area contributed by atoms with Crippen LogP contribution in [0.4, 0.5) is 0 Å². The Bertz CT molecular complexity index is 870. The van der Waals surface area contributed by atoms with E-state index in [4.69, 9.17) is 0 Å². The Balaban J connectivity index is 0.00000342. The van der Waals surface area contributed by atoms with Gasteiger partial charge in [-0.2, -0.15) is 0 Å². The summed E-state index contributed by atoms with van der Waals surface area (Å²) in [5.74, 6) is 1.92. The van der Waals surface area contributed by atoms with Crippen LogP contribution in [-0.4, -0.2) is 53.6 Å². The van der Waals surface area contributed by atoms with Crippen LogP contribution in [0.25, 0.3) is 0 Å². The predicted molar refractivity (Wildman–Crippen MR) is 129 cm³/mol. The summed E-state index contributed by atoms with van der Waals surface area (Å²) >= 11 is 0. The zero-order valence-electron chi connectivity index (χ0n) is 22.0. The predicted octanol–water partition coefficient (Wildman–Crippen LogP) is 0.0587. The van der Waals surface area contributed by atoms with E-state index in [1.165, 1.54) is 6.42 Å². The van der Waals surface area contributed by atoms with Crippen molar-refractivity contribution in [2.24, 2.45) is 46.3 Å². The first-order chi connectivity index (χ1) is 15.8. The van der Waals surface area contributed by atoms with Crippen LogP contribution >= 0.6 is 0 Å². The Hall–Kier alpha value is 0.300. The molecule has 4 rings (SSSR count). The van der Waals surface area contributed by atoms with Gasteiger partial charge in [0.2, 0.25) is 5.91 Å². The zero-order valence-corrected chi connectivity index (χ0v) is 24.9. The first-order valence-corrected chi connectivity index (χ1v) is 15.0. The molecule has 0 aromatic carbocycles. The van der Waals surface area contributed by atoms with Crippen molar-refractivity contribution in [3.05, 3.63) is 0 Å². The van der Waals surface area contributed by atoms with Gasteiger partial charge in [0.1, 0.15) is 0 Å². The molecule has 10 atom stereocenters. The third kappa shape index (κ3) is 5.99. The molecule has 4 aliphatic carbocycles. The molecule has 0 aromatic rings. The number of hydrogen-bond acceptors (Lipinski definition) is 6. The molecule has 0 saturated heterocycles. The number of nitrogens with one attached hydrogen (secondary N) is 1. The average Bonchev–Trinajstić information content (AvgIpc) is 3.09. The van der Waals surface area contributed by atoms with Crippen molar-refractivity contribution < 1.29 is 57.5 Å². The summed E-state index contributed by atoms with van der Waals surface area (Å²) in [6, 6.07) is 0. The Morgan fingerprint density at radius 2 is 1.71 bits per heavy atom. The molecular weight excluding hydrogens is 477 g/mol. The molecule has 4 saturated carbocycles.